The first-order valence-corrected chi connectivity index (χ1v) is 11.9. The minimum Gasteiger partial charge on any atom is -0.442 e. The predicted octanol–water partition coefficient (Wildman–Crippen LogP) is 3.24. The molecule has 202 valence electrons. The smallest absolute Gasteiger partial charge is 0.414 e. The van der Waals surface area contributed by atoms with Gasteiger partial charge in [-0.25, -0.2) is 18.4 Å². The van der Waals surface area contributed by atoms with Crippen molar-refractivity contribution in [2.75, 3.05) is 50.1 Å². The highest BCUT2D eigenvalue weighted by Gasteiger charge is 2.35. The Balaban J connectivity index is 1.48. The fourth-order valence-electron chi connectivity index (χ4n) is 4.30. The maximum atomic E-state index is 15.1. The first-order valence-electron chi connectivity index (χ1n) is 11.9. The van der Waals surface area contributed by atoms with E-state index in [4.69, 9.17) is 9.47 Å². The van der Waals surface area contributed by atoms with Gasteiger partial charge < -0.3 is 19.3 Å². The van der Waals surface area contributed by atoms with E-state index >= 15 is 8.78 Å². The highest BCUT2D eigenvalue weighted by molar-refractivity contribution is 5.91. The molecule has 0 spiro atoms. The Bertz CT molecular complexity index is 1190. The summed E-state index contributed by atoms with van der Waals surface area (Å²) >= 11 is 0. The van der Waals surface area contributed by atoms with Crippen LogP contribution in [0.3, 0.4) is 0 Å². The molecule has 4 amide bonds. The van der Waals surface area contributed by atoms with Crippen LogP contribution in [0.2, 0.25) is 0 Å². The van der Waals surface area contributed by atoms with Gasteiger partial charge in [0.2, 0.25) is 11.8 Å². The molecule has 12 heteroatoms. The Morgan fingerprint density at radius 3 is 1.47 bits per heavy atom. The maximum Gasteiger partial charge on any atom is 0.414 e. The molecule has 0 aliphatic carbocycles. The lowest BCUT2D eigenvalue weighted by Gasteiger charge is -2.19. The number of rotatable bonds is 7. The van der Waals surface area contributed by atoms with E-state index in [9.17, 15) is 19.2 Å². The Morgan fingerprint density at radius 1 is 0.789 bits per heavy atom. The van der Waals surface area contributed by atoms with Gasteiger partial charge in [-0.05, 0) is 36.4 Å². The molecule has 0 bridgehead atoms. The molecule has 0 saturated carbocycles. The monoisotopic (exact) mass is 530 g/mol. The third-order valence-corrected chi connectivity index (χ3v) is 6.60. The number of amides is 4. The molecule has 2 aromatic rings. The van der Waals surface area contributed by atoms with Crippen molar-refractivity contribution in [1.82, 2.24) is 9.80 Å². The molecule has 2 atom stereocenters. The van der Waals surface area contributed by atoms with Gasteiger partial charge in [0.05, 0.1) is 37.6 Å². The van der Waals surface area contributed by atoms with E-state index in [1.165, 1.54) is 57.7 Å². The lowest BCUT2D eigenvalue weighted by atomic mass is 10.0. The van der Waals surface area contributed by atoms with E-state index < -0.39 is 36.0 Å². The Labute approximate surface area is 218 Å². The molecule has 2 aliphatic heterocycles. The van der Waals surface area contributed by atoms with Crippen LogP contribution in [0, 0.1) is 11.6 Å². The maximum absolute atomic E-state index is 15.1. The van der Waals surface area contributed by atoms with Gasteiger partial charge in [-0.2, -0.15) is 0 Å². The van der Waals surface area contributed by atoms with Crippen molar-refractivity contribution >= 4 is 35.4 Å². The van der Waals surface area contributed by atoms with E-state index in [-0.39, 0.29) is 60.5 Å². The van der Waals surface area contributed by atoms with Crippen LogP contribution < -0.4 is 9.80 Å². The zero-order chi connectivity index (χ0) is 27.7. The zero-order valence-corrected chi connectivity index (χ0v) is 21.4. The summed E-state index contributed by atoms with van der Waals surface area (Å²) in [5.41, 5.74) is 0.427. The van der Waals surface area contributed by atoms with Crippen LogP contribution in [0.5, 0.6) is 0 Å². The van der Waals surface area contributed by atoms with Gasteiger partial charge in [-0.1, -0.05) is 0 Å². The fourth-order valence-corrected chi connectivity index (χ4v) is 4.30. The molecule has 0 radical (unpaired) electrons. The first kappa shape index (κ1) is 26.8. The number of halogens is 2. The normalized spacial score (nSPS) is 18.9. The van der Waals surface area contributed by atoms with Crippen molar-refractivity contribution in [2.24, 2.45) is 0 Å². The fraction of sp³-hybridized carbons (Fsp3) is 0.385. The van der Waals surface area contributed by atoms with Gasteiger partial charge in [0.1, 0.15) is 23.8 Å². The van der Waals surface area contributed by atoms with Crippen LogP contribution in [0.15, 0.2) is 36.4 Å². The minimum absolute atomic E-state index is 0.0248. The third-order valence-electron chi connectivity index (χ3n) is 6.60. The van der Waals surface area contributed by atoms with Gasteiger partial charge in [0, 0.05) is 39.1 Å². The zero-order valence-electron chi connectivity index (χ0n) is 21.4. The number of benzene rings is 2. The SMILES string of the molecule is CC(=O)N(C)C[C@H]1CN(c2ccc(-c3ccc(N4C[C@H](CN(C)C(C)=O)OC4=O)cc3F)c(F)c2)C(=O)O1. The van der Waals surface area contributed by atoms with Crippen molar-refractivity contribution < 1.29 is 37.4 Å². The van der Waals surface area contributed by atoms with Gasteiger partial charge >= 0.3 is 12.2 Å². The quantitative estimate of drug-likeness (QED) is 0.545. The summed E-state index contributed by atoms with van der Waals surface area (Å²) in [6, 6.07) is 7.94. The van der Waals surface area contributed by atoms with Crippen molar-refractivity contribution in [3.63, 3.8) is 0 Å². The molecular weight excluding hydrogens is 502 g/mol. The number of hydrogen-bond acceptors (Lipinski definition) is 6. The van der Waals surface area contributed by atoms with Crippen molar-refractivity contribution in [2.45, 2.75) is 26.1 Å². The summed E-state index contributed by atoms with van der Waals surface area (Å²) in [5, 5.41) is 0. The van der Waals surface area contributed by atoms with E-state index in [1.54, 1.807) is 14.1 Å². The summed E-state index contributed by atoms with van der Waals surface area (Å²) in [6.07, 6.45) is -2.47. The van der Waals surface area contributed by atoms with Gasteiger partial charge in [0.15, 0.2) is 0 Å². The number of anilines is 2. The van der Waals surface area contributed by atoms with Gasteiger partial charge in [-0.3, -0.25) is 19.4 Å². The van der Waals surface area contributed by atoms with Crippen molar-refractivity contribution in [3.05, 3.63) is 48.0 Å². The molecular formula is C26H28F2N4O6. The van der Waals surface area contributed by atoms with E-state index in [0.29, 0.717) is 0 Å². The van der Waals surface area contributed by atoms with Crippen LogP contribution >= 0.6 is 0 Å². The Morgan fingerprint density at radius 2 is 1.16 bits per heavy atom. The van der Waals surface area contributed by atoms with E-state index in [2.05, 4.69) is 0 Å². The van der Waals surface area contributed by atoms with Gasteiger partial charge in [0.25, 0.3) is 0 Å². The summed E-state index contributed by atoms with van der Waals surface area (Å²) in [7, 11) is 3.18. The largest absolute Gasteiger partial charge is 0.442 e. The third kappa shape index (κ3) is 5.53. The lowest BCUT2D eigenvalue weighted by Crippen LogP contribution is -2.35. The minimum atomic E-state index is -0.751. The highest BCUT2D eigenvalue weighted by atomic mass is 19.1. The molecule has 0 N–H and O–H groups in total. The topological polar surface area (TPSA) is 99.7 Å². The standard InChI is InChI=1S/C26H28F2N4O6/c1-15(33)29(3)11-19-13-31(25(35)37-19)17-5-7-21(23(27)9-17)22-8-6-18(10-24(22)28)32-14-20(38-26(32)36)12-30(4)16(2)34/h5-10,19-20H,11-14H2,1-4H3/t19-,20-/m0/s1. The molecule has 2 heterocycles. The lowest BCUT2D eigenvalue weighted by molar-refractivity contribution is -0.129. The van der Waals surface area contributed by atoms with E-state index in [0.717, 1.165) is 12.1 Å². The molecule has 38 heavy (non-hydrogen) atoms. The number of ether oxygens (including phenoxy) is 2. The Hall–Kier alpha value is -4.22. The molecule has 4 rings (SSSR count). The summed E-state index contributed by atoms with van der Waals surface area (Å²) < 4.78 is 40.8. The van der Waals surface area contributed by atoms with Crippen molar-refractivity contribution in [3.8, 4) is 11.1 Å². The molecule has 2 aliphatic rings. The summed E-state index contributed by atoms with van der Waals surface area (Å²) in [5.74, 6) is -1.85. The molecule has 0 aromatic heterocycles. The number of carbonyl (C=O) groups excluding carboxylic acids is 4. The summed E-state index contributed by atoms with van der Waals surface area (Å²) in [6.45, 7) is 3.47. The molecule has 2 aromatic carbocycles. The Kier molecular flexibility index (Phi) is 7.51. The average Bonchev–Trinajstić information content (AvgIpc) is 3.40. The van der Waals surface area contributed by atoms with Crippen LogP contribution in [-0.2, 0) is 19.1 Å². The van der Waals surface area contributed by atoms with Crippen LogP contribution in [-0.4, -0.2) is 86.3 Å². The summed E-state index contributed by atoms with van der Waals surface area (Å²) in [4.78, 5) is 52.9. The number of nitrogens with zero attached hydrogens (tertiary/aromatic N) is 4. The number of likely N-dealkylation sites (N-methyl/N-ethyl adjacent to an activating group) is 2. The molecule has 10 nitrogen and oxygen atoms in total. The number of carbonyl (C=O) groups is 4. The predicted molar refractivity (Wildman–Crippen MR) is 134 cm³/mol. The number of cyclic esters (lactones) is 2. The van der Waals surface area contributed by atoms with Crippen LogP contribution in [0.4, 0.5) is 29.7 Å². The highest BCUT2D eigenvalue weighted by Crippen LogP contribution is 2.33. The second-order valence-electron chi connectivity index (χ2n) is 9.36. The second kappa shape index (κ2) is 10.6. The van der Waals surface area contributed by atoms with Crippen LogP contribution in [0.1, 0.15) is 13.8 Å². The van der Waals surface area contributed by atoms with Gasteiger partial charge in [-0.15, -0.1) is 0 Å². The number of hydrogen-bond donors (Lipinski definition) is 0. The van der Waals surface area contributed by atoms with E-state index in [1.807, 2.05) is 0 Å². The molecule has 0 unspecified atom stereocenters. The molecule has 2 saturated heterocycles. The molecule has 2 fully saturated rings. The first-order chi connectivity index (χ1) is 17.9. The van der Waals surface area contributed by atoms with Crippen LogP contribution in [0.25, 0.3) is 11.1 Å². The average molecular weight is 531 g/mol. The van der Waals surface area contributed by atoms with Crippen molar-refractivity contribution in [1.29, 1.82) is 0 Å². The second-order valence-corrected chi connectivity index (χ2v) is 9.36.